The smallest absolute Gasteiger partial charge is 0.323 e. The molecule has 0 saturated heterocycles. The number of hydrogen-bond acceptors (Lipinski definition) is 3. The van der Waals surface area contributed by atoms with Gasteiger partial charge in [0.15, 0.2) is 0 Å². The van der Waals surface area contributed by atoms with Gasteiger partial charge in [0, 0.05) is 19.2 Å². The summed E-state index contributed by atoms with van der Waals surface area (Å²) in [5, 5.41) is 8.94. The second-order valence-corrected chi connectivity index (χ2v) is 4.91. The first kappa shape index (κ1) is 14.5. The number of aliphatic carboxylic acids is 1. The molecule has 1 aliphatic carbocycles. The van der Waals surface area contributed by atoms with Gasteiger partial charge in [-0.15, -0.1) is 0 Å². The number of benzene rings is 1. The molecule has 5 nitrogen and oxygen atoms in total. The number of methoxy groups -OCH3 is 1. The molecule has 0 aliphatic heterocycles. The summed E-state index contributed by atoms with van der Waals surface area (Å²) in [6.45, 7) is 0.311. The molecule has 5 heteroatoms. The molecule has 0 atom stereocenters. The average molecular weight is 277 g/mol. The lowest BCUT2D eigenvalue weighted by molar-refractivity contribution is -0.137. The maximum Gasteiger partial charge on any atom is 0.323 e. The van der Waals surface area contributed by atoms with Crippen LogP contribution in [0.5, 0.6) is 0 Å². The lowest BCUT2D eigenvalue weighted by Gasteiger charge is -2.21. The molecule has 0 saturated carbocycles. The minimum absolute atomic E-state index is 0.219. The Morgan fingerprint density at radius 1 is 1.35 bits per heavy atom. The lowest BCUT2D eigenvalue weighted by atomic mass is 10.0. The van der Waals surface area contributed by atoms with Crippen LogP contribution >= 0.6 is 0 Å². The summed E-state index contributed by atoms with van der Waals surface area (Å²) in [5.74, 6) is -1.23. The number of hydrogen-bond donors (Lipinski definition) is 1. The van der Waals surface area contributed by atoms with E-state index in [1.807, 2.05) is 12.1 Å². The molecule has 108 valence electrons. The van der Waals surface area contributed by atoms with Gasteiger partial charge in [-0.1, -0.05) is 12.1 Å². The first-order valence-electron chi connectivity index (χ1n) is 6.74. The Bertz CT molecular complexity index is 513. The summed E-state index contributed by atoms with van der Waals surface area (Å²) in [5.41, 5.74) is 2.92. The summed E-state index contributed by atoms with van der Waals surface area (Å²) < 4.78 is 4.95. The number of aryl methyl sites for hydroxylation is 1. The molecule has 0 radical (unpaired) electrons. The fourth-order valence-corrected chi connectivity index (χ4v) is 2.61. The molecule has 0 heterocycles. The third-order valence-electron chi connectivity index (χ3n) is 3.56. The number of nitrogens with zero attached hydrogens (tertiary/aromatic N) is 1. The van der Waals surface area contributed by atoms with Crippen molar-refractivity contribution in [1.29, 1.82) is 0 Å². The van der Waals surface area contributed by atoms with E-state index in [0.717, 1.165) is 24.8 Å². The number of carbonyl (C=O) groups excluding carboxylic acids is 1. The van der Waals surface area contributed by atoms with Crippen molar-refractivity contribution in [3.8, 4) is 0 Å². The van der Waals surface area contributed by atoms with Crippen LogP contribution in [-0.4, -0.2) is 48.7 Å². The largest absolute Gasteiger partial charge is 0.480 e. The molecule has 1 aromatic rings. The van der Waals surface area contributed by atoms with Gasteiger partial charge in [0.2, 0.25) is 0 Å². The van der Waals surface area contributed by atoms with Crippen molar-refractivity contribution in [1.82, 2.24) is 4.90 Å². The SMILES string of the molecule is COCCN(CC(=O)O)C(=O)c1cccc2c1CCC2. The van der Waals surface area contributed by atoms with Crippen molar-refractivity contribution in [3.63, 3.8) is 0 Å². The maximum atomic E-state index is 12.6. The molecule has 1 aliphatic rings. The number of fused-ring (bicyclic) bond motifs is 1. The van der Waals surface area contributed by atoms with Crippen LogP contribution in [0.1, 0.15) is 27.9 Å². The van der Waals surface area contributed by atoms with Gasteiger partial charge in [0.25, 0.3) is 5.91 Å². The van der Waals surface area contributed by atoms with Gasteiger partial charge in [-0.3, -0.25) is 9.59 Å². The normalized spacial score (nSPS) is 13.1. The zero-order valence-corrected chi connectivity index (χ0v) is 11.6. The van der Waals surface area contributed by atoms with E-state index in [1.165, 1.54) is 17.6 Å². The Morgan fingerprint density at radius 3 is 2.85 bits per heavy atom. The molecule has 1 aromatic carbocycles. The minimum atomic E-state index is -1.01. The Balaban J connectivity index is 2.22. The van der Waals surface area contributed by atoms with Crippen molar-refractivity contribution >= 4 is 11.9 Å². The molecule has 20 heavy (non-hydrogen) atoms. The zero-order valence-electron chi connectivity index (χ0n) is 11.6. The quantitative estimate of drug-likeness (QED) is 0.852. The van der Waals surface area contributed by atoms with E-state index in [4.69, 9.17) is 9.84 Å². The van der Waals surface area contributed by atoms with Crippen LogP contribution < -0.4 is 0 Å². The second kappa shape index (κ2) is 6.52. The number of ether oxygens (including phenoxy) is 1. The fourth-order valence-electron chi connectivity index (χ4n) is 2.61. The number of rotatable bonds is 6. The third-order valence-corrected chi connectivity index (χ3v) is 3.56. The fraction of sp³-hybridized carbons (Fsp3) is 0.467. The molecule has 0 bridgehead atoms. The Hall–Kier alpha value is -1.88. The van der Waals surface area contributed by atoms with Crippen molar-refractivity contribution in [2.75, 3.05) is 26.8 Å². The molecular weight excluding hydrogens is 258 g/mol. The molecule has 1 N–H and O–H groups in total. The Morgan fingerprint density at radius 2 is 2.15 bits per heavy atom. The van der Waals surface area contributed by atoms with Gasteiger partial charge >= 0.3 is 5.97 Å². The van der Waals surface area contributed by atoms with Crippen molar-refractivity contribution in [2.24, 2.45) is 0 Å². The van der Waals surface area contributed by atoms with E-state index in [2.05, 4.69) is 0 Å². The molecule has 2 rings (SSSR count). The molecule has 0 spiro atoms. The lowest BCUT2D eigenvalue weighted by Crippen LogP contribution is -2.38. The number of carboxylic acids is 1. The highest BCUT2D eigenvalue weighted by atomic mass is 16.5. The van der Waals surface area contributed by atoms with E-state index < -0.39 is 5.97 Å². The van der Waals surface area contributed by atoms with Gasteiger partial charge in [0.1, 0.15) is 6.54 Å². The van der Waals surface area contributed by atoms with Crippen LogP contribution in [0.25, 0.3) is 0 Å². The van der Waals surface area contributed by atoms with Crippen LogP contribution in [0.15, 0.2) is 18.2 Å². The van der Waals surface area contributed by atoms with Gasteiger partial charge in [-0.2, -0.15) is 0 Å². The van der Waals surface area contributed by atoms with Crippen LogP contribution in [0, 0.1) is 0 Å². The molecule has 1 amide bonds. The summed E-state index contributed by atoms with van der Waals surface area (Å²) in [6, 6.07) is 5.69. The maximum absolute atomic E-state index is 12.6. The molecule has 0 aromatic heterocycles. The van der Waals surface area contributed by atoms with Gasteiger partial charge in [0.05, 0.1) is 6.61 Å². The standard InChI is InChI=1S/C15H19NO4/c1-20-9-8-16(10-14(17)18)15(19)13-7-3-5-11-4-2-6-12(11)13/h3,5,7H,2,4,6,8-10H2,1H3,(H,17,18). The minimum Gasteiger partial charge on any atom is -0.480 e. The van der Waals surface area contributed by atoms with Gasteiger partial charge in [-0.25, -0.2) is 0 Å². The average Bonchev–Trinajstić information content (AvgIpc) is 2.90. The molecule has 0 unspecified atom stereocenters. The first-order valence-corrected chi connectivity index (χ1v) is 6.74. The predicted octanol–water partition coefficient (Wildman–Crippen LogP) is 1.35. The highest BCUT2D eigenvalue weighted by Gasteiger charge is 2.23. The zero-order chi connectivity index (χ0) is 14.5. The van der Waals surface area contributed by atoms with Crippen LogP contribution in [0.2, 0.25) is 0 Å². The number of carboxylic acid groups (broad SMARTS) is 1. The summed E-state index contributed by atoms with van der Waals surface area (Å²) in [7, 11) is 1.53. The van der Waals surface area contributed by atoms with Crippen LogP contribution in [0.3, 0.4) is 0 Å². The summed E-state index contributed by atoms with van der Waals surface area (Å²) in [6.07, 6.45) is 2.94. The van der Waals surface area contributed by atoms with Crippen molar-refractivity contribution < 1.29 is 19.4 Å². The highest BCUT2D eigenvalue weighted by Crippen LogP contribution is 2.26. The van der Waals surface area contributed by atoms with Crippen molar-refractivity contribution in [2.45, 2.75) is 19.3 Å². The Labute approximate surface area is 118 Å². The number of carbonyl (C=O) groups is 2. The highest BCUT2D eigenvalue weighted by molar-refractivity contribution is 5.97. The molecule has 0 fully saturated rings. The van der Waals surface area contributed by atoms with E-state index in [1.54, 1.807) is 6.07 Å². The summed E-state index contributed by atoms with van der Waals surface area (Å²) >= 11 is 0. The summed E-state index contributed by atoms with van der Waals surface area (Å²) in [4.78, 5) is 24.8. The second-order valence-electron chi connectivity index (χ2n) is 4.91. The van der Waals surface area contributed by atoms with Gasteiger partial charge in [-0.05, 0) is 36.5 Å². The molecular formula is C15H19NO4. The van der Waals surface area contributed by atoms with Crippen molar-refractivity contribution in [3.05, 3.63) is 34.9 Å². The first-order chi connectivity index (χ1) is 9.63. The topological polar surface area (TPSA) is 66.8 Å². The van der Waals surface area contributed by atoms with E-state index in [0.29, 0.717) is 12.2 Å². The van der Waals surface area contributed by atoms with E-state index >= 15 is 0 Å². The number of amides is 1. The van der Waals surface area contributed by atoms with E-state index in [9.17, 15) is 9.59 Å². The predicted molar refractivity (Wildman–Crippen MR) is 73.9 cm³/mol. The van der Waals surface area contributed by atoms with Crippen LogP contribution in [0.4, 0.5) is 0 Å². The van der Waals surface area contributed by atoms with Crippen LogP contribution in [-0.2, 0) is 22.4 Å². The van der Waals surface area contributed by atoms with E-state index in [-0.39, 0.29) is 19.0 Å². The monoisotopic (exact) mass is 277 g/mol. The van der Waals surface area contributed by atoms with Gasteiger partial charge < -0.3 is 14.7 Å². The Kier molecular flexibility index (Phi) is 4.74. The third kappa shape index (κ3) is 3.17.